The van der Waals surface area contributed by atoms with Gasteiger partial charge in [0.1, 0.15) is 5.69 Å². The largest absolute Gasteiger partial charge is 0.464 e. The molecule has 7 heteroatoms. The van der Waals surface area contributed by atoms with Crippen molar-refractivity contribution in [2.45, 2.75) is 13.8 Å². The molecule has 0 aliphatic heterocycles. The monoisotopic (exact) mass is 248 g/mol. The van der Waals surface area contributed by atoms with E-state index < -0.39 is 0 Å². The third kappa shape index (κ3) is 2.55. The Labute approximate surface area is 105 Å². The molecule has 0 fully saturated rings. The van der Waals surface area contributed by atoms with Crippen molar-refractivity contribution in [3.8, 4) is 17.5 Å². The van der Waals surface area contributed by atoms with Gasteiger partial charge in [-0.05, 0) is 19.9 Å². The fourth-order valence-corrected chi connectivity index (χ4v) is 1.50. The molecule has 2 aromatic rings. The summed E-state index contributed by atoms with van der Waals surface area (Å²) in [4.78, 5) is 12.8. The molecule has 0 amide bonds. The lowest BCUT2D eigenvalue weighted by Gasteiger charge is -2.07. The number of rotatable bonds is 5. The zero-order valence-electron chi connectivity index (χ0n) is 10.7. The number of nitrogens with one attached hydrogen (secondary N) is 1. The zero-order chi connectivity index (χ0) is 13.0. The van der Waals surface area contributed by atoms with E-state index in [0.29, 0.717) is 24.4 Å². The van der Waals surface area contributed by atoms with E-state index in [1.807, 2.05) is 27.0 Å². The van der Waals surface area contributed by atoms with Crippen LogP contribution in [0.2, 0.25) is 0 Å². The van der Waals surface area contributed by atoms with Crippen LogP contribution in [0.3, 0.4) is 0 Å². The molecule has 7 nitrogen and oxygen atoms in total. The van der Waals surface area contributed by atoms with E-state index >= 15 is 0 Å². The highest BCUT2D eigenvalue weighted by molar-refractivity contribution is 5.51. The van der Waals surface area contributed by atoms with Crippen molar-refractivity contribution >= 4 is 5.95 Å². The highest BCUT2D eigenvalue weighted by Gasteiger charge is 2.11. The predicted octanol–water partition coefficient (Wildman–Crippen LogP) is 1.10. The van der Waals surface area contributed by atoms with Crippen molar-refractivity contribution in [2.75, 3.05) is 18.5 Å². The molecule has 0 bridgehead atoms. The van der Waals surface area contributed by atoms with E-state index in [4.69, 9.17) is 4.74 Å². The molecule has 0 aliphatic rings. The van der Waals surface area contributed by atoms with Gasteiger partial charge in [0.15, 0.2) is 5.82 Å². The van der Waals surface area contributed by atoms with Gasteiger partial charge in [-0.2, -0.15) is 20.1 Å². The van der Waals surface area contributed by atoms with Crippen molar-refractivity contribution in [3.63, 3.8) is 0 Å². The summed E-state index contributed by atoms with van der Waals surface area (Å²) in [6.07, 6.45) is 1.70. The Kier molecular flexibility index (Phi) is 3.71. The molecule has 0 spiro atoms. The van der Waals surface area contributed by atoms with Gasteiger partial charge in [0.2, 0.25) is 5.95 Å². The first-order valence-corrected chi connectivity index (χ1v) is 5.85. The molecule has 2 aromatic heterocycles. The lowest BCUT2D eigenvalue weighted by atomic mass is 10.4. The van der Waals surface area contributed by atoms with Gasteiger partial charge in [0, 0.05) is 19.8 Å². The normalized spacial score (nSPS) is 10.4. The molecule has 0 atom stereocenters. The van der Waals surface area contributed by atoms with Gasteiger partial charge in [0.05, 0.1) is 6.61 Å². The summed E-state index contributed by atoms with van der Waals surface area (Å²) < 4.78 is 7.05. The molecule has 2 rings (SSSR count). The lowest BCUT2D eigenvalue weighted by Crippen LogP contribution is -2.08. The fraction of sp³-hybridized carbons (Fsp3) is 0.455. The van der Waals surface area contributed by atoms with Gasteiger partial charge in [-0.3, -0.25) is 4.68 Å². The van der Waals surface area contributed by atoms with E-state index in [-0.39, 0.29) is 0 Å². The average Bonchev–Trinajstić information content (AvgIpc) is 2.76. The number of aromatic nitrogens is 5. The van der Waals surface area contributed by atoms with Crippen LogP contribution in [-0.4, -0.2) is 37.9 Å². The number of aryl methyl sites for hydroxylation is 1. The number of hydrogen-bond acceptors (Lipinski definition) is 6. The first-order valence-electron chi connectivity index (χ1n) is 5.85. The molecule has 18 heavy (non-hydrogen) atoms. The second-order valence-corrected chi connectivity index (χ2v) is 3.57. The summed E-state index contributed by atoms with van der Waals surface area (Å²) >= 11 is 0. The number of anilines is 1. The highest BCUT2D eigenvalue weighted by Crippen LogP contribution is 2.17. The molecule has 96 valence electrons. The maximum Gasteiger partial charge on any atom is 0.321 e. The van der Waals surface area contributed by atoms with Crippen LogP contribution in [0.4, 0.5) is 5.95 Å². The van der Waals surface area contributed by atoms with Crippen molar-refractivity contribution in [2.24, 2.45) is 7.05 Å². The topological polar surface area (TPSA) is 77.8 Å². The maximum atomic E-state index is 5.34. The van der Waals surface area contributed by atoms with Gasteiger partial charge >= 0.3 is 6.01 Å². The lowest BCUT2D eigenvalue weighted by molar-refractivity contribution is 0.312. The molecule has 1 N–H and O–H groups in total. The Bertz CT molecular complexity index is 500. The Morgan fingerprint density at radius 2 is 2.11 bits per heavy atom. The minimum atomic E-state index is 0.319. The van der Waals surface area contributed by atoms with Crippen LogP contribution >= 0.6 is 0 Å². The molecule has 0 aliphatic carbocycles. The van der Waals surface area contributed by atoms with Crippen LogP contribution in [0.5, 0.6) is 6.01 Å². The quantitative estimate of drug-likeness (QED) is 0.853. The summed E-state index contributed by atoms with van der Waals surface area (Å²) in [6, 6.07) is 2.17. The molecule has 0 unspecified atom stereocenters. The smallest absolute Gasteiger partial charge is 0.321 e. The summed E-state index contributed by atoms with van der Waals surface area (Å²) in [7, 11) is 1.84. The van der Waals surface area contributed by atoms with Crippen LogP contribution in [0, 0.1) is 0 Å². The van der Waals surface area contributed by atoms with E-state index in [1.165, 1.54) is 0 Å². The van der Waals surface area contributed by atoms with Gasteiger partial charge in [-0.1, -0.05) is 0 Å². The van der Waals surface area contributed by atoms with Crippen molar-refractivity contribution in [3.05, 3.63) is 12.3 Å². The van der Waals surface area contributed by atoms with Crippen molar-refractivity contribution in [1.29, 1.82) is 0 Å². The minimum Gasteiger partial charge on any atom is -0.464 e. The molecule has 0 saturated heterocycles. The molecular formula is C11H16N6O. The Morgan fingerprint density at radius 1 is 1.28 bits per heavy atom. The van der Waals surface area contributed by atoms with Crippen LogP contribution in [-0.2, 0) is 7.05 Å². The van der Waals surface area contributed by atoms with Gasteiger partial charge in [0.25, 0.3) is 0 Å². The Morgan fingerprint density at radius 3 is 2.72 bits per heavy atom. The second kappa shape index (κ2) is 5.44. The number of hydrogen-bond donors (Lipinski definition) is 1. The van der Waals surface area contributed by atoms with Crippen LogP contribution in [0.15, 0.2) is 12.3 Å². The SMILES string of the molecule is CCNc1nc(OCC)nc(-c2ccnn2C)n1. The standard InChI is InChI=1S/C11H16N6O/c1-4-12-10-14-9(8-6-7-13-17(8)3)15-11(16-10)18-5-2/h6-7H,4-5H2,1-3H3,(H,12,14,15,16). The first-order chi connectivity index (χ1) is 8.74. The van der Waals surface area contributed by atoms with E-state index in [1.54, 1.807) is 10.9 Å². The zero-order valence-corrected chi connectivity index (χ0v) is 10.7. The maximum absolute atomic E-state index is 5.34. The predicted molar refractivity (Wildman–Crippen MR) is 67.4 cm³/mol. The van der Waals surface area contributed by atoms with Crippen molar-refractivity contribution < 1.29 is 4.74 Å². The van der Waals surface area contributed by atoms with Gasteiger partial charge in [-0.25, -0.2) is 0 Å². The molecule has 2 heterocycles. The van der Waals surface area contributed by atoms with Crippen molar-refractivity contribution in [1.82, 2.24) is 24.7 Å². The number of ether oxygens (including phenoxy) is 1. The number of nitrogens with zero attached hydrogens (tertiary/aromatic N) is 5. The summed E-state index contributed by atoms with van der Waals surface area (Å²) in [6.45, 7) is 5.12. The minimum absolute atomic E-state index is 0.319. The Hall–Kier alpha value is -2.18. The third-order valence-corrected chi connectivity index (χ3v) is 2.27. The summed E-state index contributed by atoms with van der Waals surface area (Å²) in [5, 5.41) is 7.16. The molecular weight excluding hydrogens is 232 g/mol. The molecule has 0 aromatic carbocycles. The van der Waals surface area contributed by atoms with E-state index in [2.05, 4.69) is 25.4 Å². The van der Waals surface area contributed by atoms with Gasteiger partial charge in [-0.15, -0.1) is 0 Å². The van der Waals surface area contributed by atoms with Crippen LogP contribution in [0.1, 0.15) is 13.8 Å². The van der Waals surface area contributed by atoms with Crippen LogP contribution < -0.4 is 10.1 Å². The fourth-order valence-electron chi connectivity index (χ4n) is 1.50. The highest BCUT2D eigenvalue weighted by atomic mass is 16.5. The van der Waals surface area contributed by atoms with E-state index in [0.717, 1.165) is 12.2 Å². The van der Waals surface area contributed by atoms with Crippen LogP contribution in [0.25, 0.3) is 11.5 Å². The molecule has 0 radical (unpaired) electrons. The molecule has 0 saturated carbocycles. The third-order valence-electron chi connectivity index (χ3n) is 2.27. The van der Waals surface area contributed by atoms with E-state index in [9.17, 15) is 0 Å². The summed E-state index contributed by atoms with van der Waals surface area (Å²) in [5.74, 6) is 1.05. The average molecular weight is 248 g/mol. The summed E-state index contributed by atoms with van der Waals surface area (Å²) in [5.41, 5.74) is 0.817. The Balaban J connectivity index is 2.42. The second-order valence-electron chi connectivity index (χ2n) is 3.57. The first kappa shape index (κ1) is 12.3. The van der Waals surface area contributed by atoms with Gasteiger partial charge < -0.3 is 10.1 Å².